The Morgan fingerprint density at radius 2 is 2.16 bits per heavy atom. The molecule has 4 heteroatoms. The van der Waals surface area contributed by atoms with Crippen molar-refractivity contribution in [2.45, 2.75) is 20.0 Å². The van der Waals surface area contributed by atoms with Crippen molar-refractivity contribution in [3.05, 3.63) is 30.3 Å². The summed E-state index contributed by atoms with van der Waals surface area (Å²) in [6.07, 6.45) is 0.216. The lowest BCUT2D eigenvalue weighted by Crippen LogP contribution is -2.47. The standard InChI is InChI=1S/C15H22N2O2/c1-3-17(14-7-5-4-6-8-14)15(18)12-16-9-10-19-13(2)11-16/h4-8,13H,3,9-12H2,1-2H3. The van der Waals surface area contributed by atoms with Gasteiger partial charge in [-0.3, -0.25) is 9.69 Å². The Balaban J connectivity index is 1.97. The van der Waals surface area contributed by atoms with Crippen molar-refractivity contribution in [3.63, 3.8) is 0 Å². The molecule has 1 unspecified atom stereocenters. The van der Waals surface area contributed by atoms with Crippen LogP contribution in [0.3, 0.4) is 0 Å². The van der Waals surface area contributed by atoms with E-state index in [2.05, 4.69) is 4.90 Å². The number of para-hydroxylation sites is 1. The largest absolute Gasteiger partial charge is 0.376 e. The fourth-order valence-electron chi connectivity index (χ4n) is 2.42. The predicted octanol–water partition coefficient (Wildman–Crippen LogP) is 1.76. The maximum Gasteiger partial charge on any atom is 0.241 e. The molecular weight excluding hydrogens is 240 g/mol. The third-order valence-corrected chi connectivity index (χ3v) is 3.37. The Morgan fingerprint density at radius 1 is 1.42 bits per heavy atom. The third kappa shape index (κ3) is 3.78. The summed E-state index contributed by atoms with van der Waals surface area (Å²) in [4.78, 5) is 16.4. The number of benzene rings is 1. The molecule has 1 aromatic rings. The normalized spacial score (nSPS) is 20.2. The smallest absolute Gasteiger partial charge is 0.241 e. The molecule has 4 nitrogen and oxygen atoms in total. The molecule has 0 N–H and O–H groups in total. The van der Waals surface area contributed by atoms with E-state index in [0.717, 1.165) is 18.8 Å². The highest BCUT2D eigenvalue weighted by atomic mass is 16.5. The van der Waals surface area contributed by atoms with Crippen molar-refractivity contribution in [2.24, 2.45) is 0 Å². The second kappa shape index (κ2) is 6.68. The van der Waals surface area contributed by atoms with Gasteiger partial charge in [0.2, 0.25) is 5.91 Å². The maximum absolute atomic E-state index is 12.4. The molecule has 1 aliphatic heterocycles. The van der Waals surface area contributed by atoms with Crippen LogP contribution >= 0.6 is 0 Å². The lowest BCUT2D eigenvalue weighted by molar-refractivity contribution is -0.121. The first-order valence-corrected chi connectivity index (χ1v) is 6.90. The van der Waals surface area contributed by atoms with E-state index in [-0.39, 0.29) is 12.0 Å². The highest BCUT2D eigenvalue weighted by Crippen LogP contribution is 2.14. The van der Waals surface area contributed by atoms with Gasteiger partial charge in [0.15, 0.2) is 0 Å². The molecule has 0 aromatic heterocycles. The zero-order chi connectivity index (χ0) is 13.7. The number of carbonyl (C=O) groups excluding carboxylic acids is 1. The van der Waals surface area contributed by atoms with Crippen molar-refractivity contribution in [3.8, 4) is 0 Å². The zero-order valence-electron chi connectivity index (χ0n) is 11.7. The fourth-order valence-corrected chi connectivity index (χ4v) is 2.42. The summed E-state index contributed by atoms with van der Waals surface area (Å²) in [6, 6.07) is 9.84. The number of amides is 1. The molecule has 104 valence electrons. The van der Waals surface area contributed by atoms with Gasteiger partial charge < -0.3 is 9.64 Å². The number of hydrogen-bond donors (Lipinski definition) is 0. The second-order valence-corrected chi connectivity index (χ2v) is 4.89. The van der Waals surface area contributed by atoms with Crippen LogP contribution in [0, 0.1) is 0 Å². The molecule has 0 saturated carbocycles. The van der Waals surface area contributed by atoms with Crippen LogP contribution in [0.1, 0.15) is 13.8 Å². The average molecular weight is 262 g/mol. The number of carbonyl (C=O) groups is 1. The van der Waals surface area contributed by atoms with E-state index in [4.69, 9.17) is 4.74 Å². The molecular formula is C15H22N2O2. The molecule has 0 aliphatic carbocycles. The highest BCUT2D eigenvalue weighted by Gasteiger charge is 2.21. The van der Waals surface area contributed by atoms with E-state index in [1.165, 1.54) is 0 Å². The third-order valence-electron chi connectivity index (χ3n) is 3.37. The van der Waals surface area contributed by atoms with Crippen molar-refractivity contribution in [1.82, 2.24) is 4.90 Å². The molecule has 1 fully saturated rings. The summed E-state index contributed by atoms with van der Waals surface area (Å²) < 4.78 is 5.49. The van der Waals surface area contributed by atoms with Crippen LogP contribution in [0.15, 0.2) is 30.3 Å². The van der Waals surface area contributed by atoms with Crippen LogP contribution in [0.4, 0.5) is 5.69 Å². The van der Waals surface area contributed by atoms with Gasteiger partial charge in [0.25, 0.3) is 0 Å². The summed E-state index contributed by atoms with van der Waals surface area (Å²) in [6.45, 7) is 7.60. The first-order chi connectivity index (χ1) is 9.20. The molecule has 0 bridgehead atoms. The Labute approximate surface area is 115 Å². The predicted molar refractivity (Wildman–Crippen MR) is 76.3 cm³/mol. The molecule has 0 radical (unpaired) electrons. The molecule has 1 atom stereocenters. The monoisotopic (exact) mass is 262 g/mol. The Bertz CT molecular complexity index is 408. The van der Waals surface area contributed by atoms with Crippen LogP contribution in [0.25, 0.3) is 0 Å². The van der Waals surface area contributed by atoms with Crippen molar-refractivity contribution < 1.29 is 9.53 Å². The summed E-state index contributed by atoms with van der Waals surface area (Å²) in [5.41, 5.74) is 0.969. The van der Waals surface area contributed by atoms with Gasteiger partial charge in [0.1, 0.15) is 0 Å². The topological polar surface area (TPSA) is 32.8 Å². The lowest BCUT2D eigenvalue weighted by atomic mass is 10.2. The van der Waals surface area contributed by atoms with Gasteiger partial charge in [-0.05, 0) is 26.0 Å². The summed E-state index contributed by atoms with van der Waals surface area (Å²) in [5.74, 6) is 0.155. The van der Waals surface area contributed by atoms with E-state index in [0.29, 0.717) is 19.7 Å². The van der Waals surface area contributed by atoms with Gasteiger partial charge in [0, 0.05) is 25.3 Å². The van der Waals surface area contributed by atoms with Gasteiger partial charge in [-0.1, -0.05) is 18.2 Å². The molecule has 1 saturated heterocycles. The number of likely N-dealkylation sites (N-methyl/N-ethyl adjacent to an activating group) is 1. The number of hydrogen-bond acceptors (Lipinski definition) is 3. The molecule has 0 spiro atoms. The molecule has 1 aromatic carbocycles. The quantitative estimate of drug-likeness (QED) is 0.829. The van der Waals surface area contributed by atoms with Crippen molar-refractivity contribution in [2.75, 3.05) is 37.7 Å². The molecule has 1 aliphatic rings. The zero-order valence-corrected chi connectivity index (χ0v) is 11.7. The molecule has 1 heterocycles. The lowest BCUT2D eigenvalue weighted by Gasteiger charge is -2.32. The minimum atomic E-state index is 0.155. The molecule has 19 heavy (non-hydrogen) atoms. The van der Waals surface area contributed by atoms with E-state index in [9.17, 15) is 4.79 Å². The second-order valence-electron chi connectivity index (χ2n) is 4.89. The number of ether oxygens (including phenoxy) is 1. The fraction of sp³-hybridized carbons (Fsp3) is 0.533. The van der Waals surface area contributed by atoms with E-state index in [1.54, 1.807) is 0 Å². The number of rotatable bonds is 4. The summed E-state index contributed by atoms with van der Waals surface area (Å²) >= 11 is 0. The Morgan fingerprint density at radius 3 is 2.79 bits per heavy atom. The Hall–Kier alpha value is -1.39. The molecule has 2 rings (SSSR count). The number of anilines is 1. The highest BCUT2D eigenvalue weighted by molar-refractivity contribution is 5.94. The summed E-state index contributed by atoms with van der Waals surface area (Å²) in [5, 5.41) is 0. The van der Waals surface area contributed by atoms with E-state index in [1.807, 2.05) is 49.1 Å². The minimum Gasteiger partial charge on any atom is -0.376 e. The first-order valence-electron chi connectivity index (χ1n) is 6.90. The average Bonchev–Trinajstić information content (AvgIpc) is 2.41. The van der Waals surface area contributed by atoms with Crippen LogP contribution in [0.5, 0.6) is 0 Å². The van der Waals surface area contributed by atoms with Crippen molar-refractivity contribution >= 4 is 11.6 Å². The SMILES string of the molecule is CCN(C(=O)CN1CCOC(C)C1)c1ccccc1. The van der Waals surface area contributed by atoms with E-state index < -0.39 is 0 Å². The van der Waals surface area contributed by atoms with Crippen LogP contribution < -0.4 is 4.90 Å². The van der Waals surface area contributed by atoms with Crippen LogP contribution in [0.2, 0.25) is 0 Å². The molecule has 1 amide bonds. The van der Waals surface area contributed by atoms with Gasteiger partial charge in [-0.25, -0.2) is 0 Å². The minimum absolute atomic E-state index is 0.155. The Kier molecular flexibility index (Phi) is 4.93. The summed E-state index contributed by atoms with van der Waals surface area (Å²) in [7, 11) is 0. The number of nitrogens with zero attached hydrogens (tertiary/aromatic N) is 2. The van der Waals surface area contributed by atoms with Gasteiger partial charge in [-0.15, -0.1) is 0 Å². The maximum atomic E-state index is 12.4. The first kappa shape index (κ1) is 14.0. The van der Waals surface area contributed by atoms with Gasteiger partial charge in [-0.2, -0.15) is 0 Å². The van der Waals surface area contributed by atoms with Crippen LogP contribution in [-0.4, -0.2) is 49.7 Å². The van der Waals surface area contributed by atoms with Gasteiger partial charge >= 0.3 is 0 Å². The van der Waals surface area contributed by atoms with Crippen molar-refractivity contribution in [1.29, 1.82) is 0 Å². The number of morpholine rings is 1. The van der Waals surface area contributed by atoms with E-state index >= 15 is 0 Å². The van der Waals surface area contributed by atoms with Crippen LogP contribution in [-0.2, 0) is 9.53 Å². The van der Waals surface area contributed by atoms with Gasteiger partial charge in [0.05, 0.1) is 19.3 Å².